The topological polar surface area (TPSA) is 131 Å². The van der Waals surface area contributed by atoms with Gasteiger partial charge in [0.2, 0.25) is 17.8 Å². The second-order valence-electron chi connectivity index (χ2n) is 7.48. The Morgan fingerprint density at radius 3 is 2.47 bits per heavy atom. The summed E-state index contributed by atoms with van der Waals surface area (Å²) in [4.78, 5) is 25.8. The standard InChI is InChI=1S/C23H24N8O3/c1-17(15-18-5-3-2-4-6-18)16-24-29-22-26-21(25-19-7-9-20(10-8-19)31(32)33)27-23(28-22)30-11-13-34-14-12-30/h2-10,15-16H,11-14H2,1H3,(H2,25,26,27,28,29)/b17-15-,24-16?. The van der Waals surface area contributed by atoms with Gasteiger partial charge in [-0.1, -0.05) is 36.4 Å². The highest BCUT2D eigenvalue weighted by Crippen LogP contribution is 2.21. The van der Waals surface area contributed by atoms with Gasteiger partial charge in [-0.2, -0.15) is 20.1 Å². The number of rotatable bonds is 8. The molecule has 0 amide bonds. The predicted octanol–water partition coefficient (Wildman–Crippen LogP) is 3.86. The number of ether oxygens (including phenoxy) is 1. The smallest absolute Gasteiger partial charge is 0.269 e. The third-order valence-corrected chi connectivity index (χ3v) is 4.88. The lowest BCUT2D eigenvalue weighted by atomic mass is 10.1. The Bertz CT molecular complexity index is 1180. The van der Waals surface area contributed by atoms with Gasteiger partial charge in [-0.25, -0.2) is 5.43 Å². The molecule has 2 aromatic carbocycles. The van der Waals surface area contributed by atoms with E-state index in [1.807, 2.05) is 48.2 Å². The van der Waals surface area contributed by atoms with Crippen LogP contribution < -0.4 is 15.6 Å². The number of allylic oxidation sites excluding steroid dienone is 1. The van der Waals surface area contributed by atoms with Crippen LogP contribution in [0.1, 0.15) is 12.5 Å². The van der Waals surface area contributed by atoms with E-state index in [0.717, 1.165) is 11.1 Å². The van der Waals surface area contributed by atoms with Gasteiger partial charge in [-0.3, -0.25) is 10.1 Å². The van der Waals surface area contributed by atoms with E-state index in [1.54, 1.807) is 18.3 Å². The molecule has 3 aromatic rings. The van der Waals surface area contributed by atoms with Crippen LogP contribution in [0.4, 0.5) is 29.2 Å². The second-order valence-corrected chi connectivity index (χ2v) is 7.48. The van der Waals surface area contributed by atoms with Crippen LogP contribution in [0.5, 0.6) is 0 Å². The van der Waals surface area contributed by atoms with Crippen molar-refractivity contribution in [1.82, 2.24) is 15.0 Å². The molecule has 0 saturated carbocycles. The molecule has 0 unspecified atom stereocenters. The first-order valence-electron chi connectivity index (χ1n) is 10.7. The number of aromatic nitrogens is 3. The monoisotopic (exact) mass is 460 g/mol. The number of morpholine rings is 1. The van der Waals surface area contributed by atoms with Crippen molar-refractivity contribution in [2.24, 2.45) is 5.10 Å². The molecule has 11 nitrogen and oxygen atoms in total. The van der Waals surface area contributed by atoms with Gasteiger partial charge in [0, 0.05) is 30.9 Å². The van der Waals surface area contributed by atoms with Gasteiger partial charge in [0.15, 0.2) is 0 Å². The van der Waals surface area contributed by atoms with Crippen molar-refractivity contribution in [2.75, 3.05) is 41.9 Å². The average molecular weight is 460 g/mol. The molecule has 2 N–H and O–H groups in total. The summed E-state index contributed by atoms with van der Waals surface area (Å²) in [5.41, 5.74) is 5.52. The van der Waals surface area contributed by atoms with Crippen LogP contribution in [0.2, 0.25) is 0 Å². The number of hydrogen-bond donors (Lipinski definition) is 2. The summed E-state index contributed by atoms with van der Waals surface area (Å²) in [5.74, 6) is 1.04. The first-order chi connectivity index (χ1) is 16.6. The Morgan fingerprint density at radius 1 is 1.06 bits per heavy atom. The Balaban J connectivity index is 1.53. The number of nitrogens with one attached hydrogen (secondary N) is 2. The van der Waals surface area contributed by atoms with Crippen LogP contribution >= 0.6 is 0 Å². The van der Waals surface area contributed by atoms with Crippen LogP contribution in [0, 0.1) is 10.1 Å². The van der Waals surface area contributed by atoms with E-state index in [0.29, 0.717) is 43.9 Å². The Kier molecular flexibility index (Phi) is 7.35. The summed E-state index contributed by atoms with van der Waals surface area (Å²) in [6.45, 7) is 4.43. The number of hydrogen-bond acceptors (Lipinski definition) is 10. The third kappa shape index (κ3) is 6.33. The van der Waals surface area contributed by atoms with Crippen molar-refractivity contribution in [2.45, 2.75) is 6.92 Å². The molecule has 2 heterocycles. The zero-order chi connectivity index (χ0) is 23.8. The fraction of sp³-hybridized carbons (Fsp3) is 0.217. The fourth-order valence-electron chi connectivity index (χ4n) is 3.21. The summed E-state index contributed by atoms with van der Waals surface area (Å²) >= 11 is 0. The second kappa shape index (κ2) is 11.0. The van der Waals surface area contributed by atoms with Crippen LogP contribution in [-0.4, -0.2) is 52.4 Å². The summed E-state index contributed by atoms with van der Waals surface area (Å²) in [7, 11) is 0. The highest BCUT2D eigenvalue weighted by molar-refractivity contribution is 5.85. The molecule has 11 heteroatoms. The van der Waals surface area contributed by atoms with E-state index >= 15 is 0 Å². The molecule has 1 saturated heterocycles. The number of hydrazone groups is 1. The maximum absolute atomic E-state index is 10.9. The van der Waals surface area contributed by atoms with E-state index in [1.165, 1.54) is 12.1 Å². The van der Waals surface area contributed by atoms with Crippen molar-refractivity contribution in [3.63, 3.8) is 0 Å². The van der Waals surface area contributed by atoms with Gasteiger partial charge < -0.3 is 15.0 Å². The number of anilines is 4. The van der Waals surface area contributed by atoms with E-state index in [9.17, 15) is 10.1 Å². The number of non-ortho nitro benzene ring substituents is 1. The maximum Gasteiger partial charge on any atom is 0.269 e. The predicted molar refractivity (Wildman–Crippen MR) is 131 cm³/mol. The molecule has 0 spiro atoms. The largest absolute Gasteiger partial charge is 0.378 e. The van der Waals surface area contributed by atoms with Gasteiger partial charge in [0.1, 0.15) is 0 Å². The van der Waals surface area contributed by atoms with Crippen molar-refractivity contribution in [3.8, 4) is 0 Å². The van der Waals surface area contributed by atoms with Crippen molar-refractivity contribution in [3.05, 3.63) is 75.8 Å². The fourth-order valence-corrected chi connectivity index (χ4v) is 3.21. The lowest BCUT2D eigenvalue weighted by Crippen LogP contribution is -2.37. The number of nitro benzene ring substituents is 1. The number of nitro groups is 1. The molecule has 1 aromatic heterocycles. The molecule has 174 valence electrons. The molecule has 1 aliphatic heterocycles. The Hall–Kier alpha value is -4.38. The molecular weight excluding hydrogens is 436 g/mol. The quantitative estimate of drug-likeness (QED) is 0.292. The van der Waals surface area contributed by atoms with Gasteiger partial charge in [0.25, 0.3) is 5.69 Å². The van der Waals surface area contributed by atoms with Gasteiger partial charge in [-0.05, 0) is 30.2 Å². The summed E-state index contributed by atoms with van der Waals surface area (Å²) in [5, 5.41) is 18.2. The maximum atomic E-state index is 10.9. The SMILES string of the molecule is C/C(C=NNc1nc(Nc2ccc([N+](=O)[O-])cc2)nc(N2CCOCC2)n1)=C/c1ccccc1. The molecule has 0 aliphatic carbocycles. The Morgan fingerprint density at radius 2 is 1.76 bits per heavy atom. The van der Waals surface area contributed by atoms with Crippen LogP contribution in [-0.2, 0) is 4.74 Å². The molecule has 0 radical (unpaired) electrons. The molecule has 34 heavy (non-hydrogen) atoms. The van der Waals surface area contributed by atoms with Crippen LogP contribution in [0.3, 0.4) is 0 Å². The summed E-state index contributed by atoms with van der Waals surface area (Å²) in [6, 6.07) is 16.0. The molecular formula is C23H24N8O3. The van der Waals surface area contributed by atoms with Gasteiger partial charge >= 0.3 is 0 Å². The van der Waals surface area contributed by atoms with E-state index in [2.05, 4.69) is 30.8 Å². The number of nitrogens with zero attached hydrogens (tertiary/aromatic N) is 6. The van der Waals surface area contributed by atoms with Gasteiger partial charge in [0.05, 0.1) is 24.4 Å². The van der Waals surface area contributed by atoms with Crippen LogP contribution in [0.25, 0.3) is 6.08 Å². The minimum atomic E-state index is -0.447. The highest BCUT2D eigenvalue weighted by Gasteiger charge is 2.17. The highest BCUT2D eigenvalue weighted by atomic mass is 16.6. The lowest BCUT2D eigenvalue weighted by Gasteiger charge is -2.27. The summed E-state index contributed by atoms with van der Waals surface area (Å²) < 4.78 is 5.42. The van der Waals surface area contributed by atoms with Crippen molar-refractivity contribution < 1.29 is 9.66 Å². The zero-order valence-electron chi connectivity index (χ0n) is 18.6. The molecule has 1 aliphatic rings. The lowest BCUT2D eigenvalue weighted by molar-refractivity contribution is -0.384. The van der Waals surface area contributed by atoms with Crippen molar-refractivity contribution >= 4 is 41.5 Å². The summed E-state index contributed by atoms with van der Waals surface area (Å²) in [6.07, 6.45) is 3.70. The average Bonchev–Trinajstić information content (AvgIpc) is 2.85. The minimum absolute atomic E-state index is 0.00539. The third-order valence-electron chi connectivity index (χ3n) is 4.88. The van der Waals surface area contributed by atoms with Crippen LogP contribution in [0.15, 0.2) is 65.3 Å². The minimum Gasteiger partial charge on any atom is -0.378 e. The van der Waals surface area contributed by atoms with E-state index in [4.69, 9.17) is 4.74 Å². The Labute approximate surface area is 196 Å². The van der Waals surface area contributed by atoms with E-state index < -0.39 is 4.92 Å². The van der Waals surface area contributed by atoms with E-state index in [-0.39, 0.29) is 11.6 Å². The molecule has 0 atom stereocenters. The molecule has 4 rings (SSSR count). The first kappa shape index (κ1) is 22.8. The molecule has 1 fully saturated rings. The first-order valence-corrected chi connectivity index (χ1v) is 10.7. The molecule has 0 bridgehead atoms. The van der Waals surface area contributed by atoms with Crippen molar-refractivity contribution in [1.29, 1.82) is 0 Å². The number of benzene rings is 2. The zero-order valence-corrected chi connectivity index (χ0v) is 18.6. The van der Waals surface area contributed by atoms with Gasteiger partial charge in [-0.15, -0.1) is 0 Å². The normalized spacial score (nSPS) is 14.3.